The van der Waals surface area contributed by atoms with Gasteiger partial charge >= 0.3 is 23.9 Å². The molecule has 2 aromatic heterocycles. The maximum Gasteiger partial charge on any atom is 0.350 e. The maximum atomic E-state index is 12.4. The molecule has 0 unspecified atom stereocenters. The third-order valence-electron chi connectivity index (χ3n) is 4.51. The Morgan fingerprint density at radius 1 is 1.09 bits per heavy atom. The van der Waals surface area contributed by atoms with E-state index in [9.17, 15) is 19.2 Å². The van der Waals surface area contributed by atoms with Gasteiger partial charge in [0.05, 0.1) is 19.8 Å². The van der Waals surface area contributed by atoms with E-state index in [1.165, 1.54) is 17.2 Å². The van der Waals surface area contributed by atoms with Crippen molar-refractivity contribution in [3.63, 3.8) is 0 Å². The Morgan fingerprint density at radius 3 is 2.34 bits per heavy atom. The van der Waals surface area contributed by atoms with E-state index in [0.717, 1.165) is 27.9 Å². The Bertz CT molecular complexity index is 1110. The van der Waals surface area contributed by atoms with Gasteiger partial charge in [0.25, 0.3) is 0 Å². The van der Waals surface area contributed by atoms with Gasteiger partial charge in [0.2, 0.25) is 6.10 Å². The summed E-state index contributed by atoms with van der Waals surface area (Å²) in [4.78, 5) is 58.7. The first-order chi connectivity index (χ1) is 15.1. The van der Waals surface area contributed by atoms with E-state index in [1.54, 1.807) is 0 Å². The van der Waals surface area contributed by atoms with Crippen molar-refractivity contribution in [3.05, 3.63) is 17.3 Å². The fourth-order valence-electron chi connectivity index (χ4n) is 3.39. The highest BCUT2D eigenvalue weighted by molar-refractivity contribution is 7.71. The summed E-state index contributed by atoms with van der Waals surface area (Å²) in [6, 6.07) is 0. The third-order valence-corrected chi connectivity index (χ3v) is 4.81. The van der Waals surface area contributed by atoms with Crippen LogP contribution in [0.5, 0.6) is 0 Å². The van der Waals surface area contributed by atoms with Gasteiger partial charge in [-0.25, -0.2) is 14.8 Å². The second-order valence-electron chi connectivity index (χ2n) is 6.75. The molecule has 32 heavy (non-hydrogen) atoms. The minimum atomic E-state index is -1.61. The number of rotatable bonds is 6. The Kier molecular flexibility index (Phi) is 6.84. The number of hydrogen-bond acceptors (Lipinski definition) is 12. The van der Waals surface area contributed by atoms with Crippen molar-refractivity contribution in [2.45, 2.75) is 51.4 Å². The number of methoxy groups -OCH3 is 1. The van der Waals surface area contributed by atoms with E-state index in [4.69, 9.17) is 35.9 Å². The molecule has 5 atom stereocenters. The first-order valence-electron chi connectivity index (χ1n) is 9.29. The van der Waals surface area contributed by atoms with Crippen LogP contribution in [0.2, 0.25) is 0 Å². The van der Waals surface area contributed by atoms with Gasteiger partial charge in [-0.1, -0.05) is 12.2 Å². The first-order valence-corrected chi connectivity index (χ1v) is 9.70. The number of carbonyl (C=O) groups excluding carboxylic acids is 4. The number of hydrogen-bond donors (Lipinski definition) is 1. The van der Waals surface area contributed by atoms with Gasteiger partial charge in [0.1, 0.15) is 17.3 Å². The van der Waals surface area contributed by atoms with Crippen LogP contribution >= 0.6 is 12.2 Å². The second kappa shape index (κ2) is 9.40. The van der Waals surface area contributed by atoms with Gasteiger partial charge in [-0.3, -0.25) is 19.0 Å². The Labute approximate surface area is 186 Å². The number of fused-ring (bicyclic) bond motifs is 1. The second-order valence-corrected chi connectivity index (χ2v) is 7.14. The number of carbonyl (C=O) groups is 4. The summed E-state index contributed by atoms with van der Waals surface area (Å²) in [6.45, 7) is 3.37. The maximum absolute atomic E-state index is 12.4. The molecule has 1 N–H and O–H groups in total. The quantitative estimate of drug-likeness (QED) is 0.352. The molecule has 3 heterocycles. The van der Waals surface area contributed by atoms with Gasteiger partial charge in [-0.2, -0.15) is 0 Å². The average molecular weight is 468 g/mol. The molecule has 1 aliphatic rings. The van der Waals surface area contributed by atoms with Gasteiger partial charge in [0, 0.05) is 20.8 Å². The summed E-state index contributed by atoms with van der Waals surface area (Å²) in [5, 5.41) is 0. The Morgan fingerprint density at radius 2 is 1.75 bits per heavy atom. The smallest absolute Gasteiger partial charge is 0.350 e. The molecular formula is C18H20N4O9S. The molecule has 1 fully saturated rings. The van der Waals surface area contributed by atoms with E-state index in [2.05, 4.69) is 15.0 Å². The molecular weight excluding hydrogens is 448 g/mol. The molecule has 0 spiro atoms. The van der Waals surface area contributed by atoms with Crippen LogP contribution in [-0.2, 0) is 42.9 Å². The first kappa shape index (κ1) is 23.3. The van der Waals surface area contributed by atoms with E-state index in [-0.39, 0.29) is 4.64 Å². The van der Waals surface area contributed by atoms with Crippen LogP contribution in [0.4, 0.5) is 0 Å². The minimum Gasteiger partial charge on any atom is -0.466 e. The lowest BCUT2D eigenvalue weighted by Gasteiger charge is -2.26. The summed E-state index contributed by atoms with van der Waals surface area (Å²) >= 11 is 5.16. The molecule has 0 aromatic carbocycles. The predicted molar refractivity (Wildman–Crippen MR) is 105 cm³/mol. The van der Waals surface area contributed by atoms with Crippen molar-refractivity contribution in [2.24, 2.45) is 0 Å². The zero-order valence-corrected chi connectivity index (χ0v) is 18.3. The molecule has 3 rings (SSSR count). The van der Waals surface area contributed by atoms with E-state index in [0.29, 0.717) is 11.2 Å². The van der Waals surface area contributed by atoms with Crippen LogP contribution in [0.15, 0.2) is 12.7 Å². The zero-order valence-electron chi connectivity index (χ0n) is 17.5. The number of ether oxygens (including phenoxy) is 5. The summed E-state index contributed by atoms with van der Waals surface area (Å²) in [5.41, 5.74) is 0.709. The molecule has 172 valence electrons. The van der Waals surface area contributed by atoms with Crippen molar-refractivity contribution < 1.29 is 42.9 Å². The van der Waals surface area contributed by atoms with Crippen molar-refractivity contribution >= 4 is 47.3 Å². The average Bonchev–Trinajstić information content (AvgIpc) is 3.28. The van der Waals surface area contributed by atoms with Crippen molar-refractivity contribution in [1.29, 1.82) is 0 Å². The molecule has 13 nitrogen and oxygen atoms in total. The van der Waals surface area contributed by atoms with Crippen LogP contribution in [-0.4, -0.2) is 74.9 Å². The zero-order chi connectivity index (χ0) is 23.6. The predicted octanol–water partition coefficient (Wildman–Crippen LogP) is 0.354. The molecule has 2 aromatic rings. The van der Waals surface area contributed by atoms with Crippen molar-refractivity contribution in [2.75, 3.05) is 7.11 Å². The highest BCUT2D eigenvalue weighted by atomic mass is 32.1. The Balaban J connectivity index is 2.13. The van der Waals surface area contributed by atoms with Crippen LogP contribution in [0.1, 0.15) is 27.0 Å². The summed E-state index contributed by atoms with van der Waals surface area (Å²) < 4.78 is 28.2. The minimum absolute atomic E-state index is 0.208. The van der Waals surface area contributed by atoms with Crippen molar-refractivity contribution in [3.8, 4) is 0 Å². The number of aromatic amines is 1. The van der Waals surface area contributed by atoms with E-state index in [1.807, 2.05) is 0 Å². The summed E-state index contributed by atoms with van der Waals surface area (Å²) in [6.07, 6.45) is -3.99. The van der Waals surface area contributed by atoms with Crippen molar-refractivity contribution in [1.82, 2.24) is 19.5 Å². The van der Waals surface area contributed by atoms with Crippen LogP contribution in [0, 0.1) is 4.64 Å². The number of imidazole rings is 1. The van der Waals surface area contributed by atoms with E-state index < -0.39 is 54.5 Å². The highest BCUT2D eigenvalue weighted by Crippen LogP contribution is 2.37. The van der Waals surface area contributed by atoms with Gasteiger partial charge < -0.3 is 28.7 Å². The third kappa shape index (κ3) is 4.60. The van der Waals surface area contributed by atoms with Gasteiger partial charge in [-0.15, -0.1) is 0 Å². The number of aromatic nitrogens is 4. The standard InChI is InChI=1S/C18H20N4O9S/c1-7(23)28-11-12(14(18(26)27-4)30-9(3)25)31-17(13(11)29-8(2)24)22-6-21-10-15(22)19-5-20-16(10)32/h5-6,11-14,17H,1-4H3,(H,19,20,32)/t11-,12+,13-,14+,17-/m1/s1. The summed E-state index contributed by atoms with van der Waals surface area (Å²) in [7, 11) is 1.09. The molecule has 0 aliphatic carbocycles. The largest absolute Gasteiger partial charge is 0.466 e. The van der Waals surface area contributed by atoms with Crippen LogP contribution < -0.4 is 0 Å². The topological polar surface area (TPSA) is 161 Å². The van der Waals surface area contributed by atoms with Crippen LogP contribution in [0.25, 0.3) is 11.2 Å². The monoisotopic (exact) mass is 468 g/mol. The molecule has 0 saturated carbocycles. The highest BCUT2D eigenvalue weighted by Gasteiger charge is 2.56. The molecule has 0 radical (unpaired) electrons. The van der Waals surface area contributed by atoms with Gasteiger partial charge in [-0.05, 0) is 0 Å². The number of nitrogens with zero attached hydrogens (tertiary/aromatic N) is 3. The van der Waals surface area contributed by atoms with E-state index >= 15 is 0 Å². The molecule has 0 bridgehead atoms. The SMILES string of the molecule is COC(=O)[C@@H](OC(C)=O)[C@H]1O[C@@H](n2cnc3c(=S)nc[nH]c32)[C@H](OC(C)=O)[C@@H]1OC(C)=O. The fourth-order valence-corrected chi connectivity index (χ4v) is 3.59. The molecule has 0 amide bonds. The molecule has 14 heteroatoms. The van der Waals surface area contributed by atoms with Crippen LogP contribution in [0.3, 0.4) is 0 Å². The molecule has 1 saturated heterocycles. The molecule has 1 aliphatic heterocycles. The summed E-state index contributed by atoms with van der Waals surface area (Å²) in [5.74, 6) is -3.21. The Hall–Kier alpha value is -3.39. The number of H-pyrrole nitrogens is 1. The van der Waals surface area contributed by atoms with Gasteiger partial charge in [0.15, 0.2) is 23.1 Å². The lowest BCUT2D eigenvalue weighted by Crippen LogP contribution is -2.48. The lowest BCUT2D eigenvalue weighted by molar-refractivity contribution is -0.183. The number of nitrogens with one attached hydrogen (secondary N) is 1. The fraction of sp³-hybridized carbons (Fsp3) is 0.500. The normalized spacial score (nSPS) is 23.4. The number of esters is 4. The lowest BCUT2D eigenvalue weighted by atomic mass is 10.0.